The summed E-state index contributed by atoms with van der Waals surface area (Å²) in [5, 5.41) is 10.8. The molecule has 0 aliphatic rings. The van der Waals surface area contributed by atoms with Gasteiger partial charge in [0, 0.05) is 18.0 Å². The van der Waals surface area contributed by atoms with Gasteiger partial charge in [-0.05, 0) is 38.2 Å². The summed E-state index contributed by atoms with van der Waals surface area (Å²) in [5.74, 6) is 0.166. The third-order valence-corrected chi connectivity index (χ3v) is 2.90. The first-order valence-corrected chi connectivity index (χ1v) is 6.05. The molecule has 0 aliphatic heterocycles. The Bertz CT molecular complexity index is 604. The van der Waals surface area contributed by atoms with Crippen molar-refractivity contribution in [3.63, 3.8) is 0 Å². The van der Waals surface area contributed by atoms with Gasteiger partial charge in [0.15, 0.2) is 0 Å². The summed E-state index contributed by atoms with van der Waals surface area (Å²) < 4.78 is 5.21. The Morgan fingerprint density at radius 1 is 1.28 bits per heavy atom. The Hall–Kier alpha value is -1.81. The van der Waals surface area contributed by atoms with E-state index in [4.69, 9.17) is 4.42 Å². The van der Waals surface area contributed by atoms with Crippen LogP contribution in [0.2, 0.25) is 0 Å². The van der Waals surface area contributed by atoms with E-state index >= 15 is 0 Å². The number of benzene rings is 1. The quantitative estimate of drug-likeness (QED) is 0.842. The molecule has 2 aromatic rings. The highest BCUT2D eigenvalue weighted by molar-refractivity contribution is 5.81. The molecule has 96 valence electrons. The summed E-state index contributed by atoms with van der Waals surface area (Å²) >= 11 is 0. The lowest BCUT2D eigenvalue weighted by atomic mass is 10.1. The molecule has 1 N–H and O–H groups in total. The van der Waals surface area contributed by atoms with Crippen molar-refractivity contribution in [2.24, 2.45) is 0 Å². The van der Waals surface area contributed by atoms with Crippen molar-refractivity contribution in [1.29, 1.82) is 0 Å². The van der Waals surface area contributed by atoms with Crippen LogP contribution in [-0.4, -0.2) is 23.6 Å². The van der Waals surface area contributed by atoms with Crippen LogP contribution in [0.5, 0.6) is 5.75 Å². The first-order chi connectivity index (χ1) is 8.61. The second-order valence-electron chi connectivity index (χ2n) is 4.47. The van der Waals surface area contributed by atoms with E-state index in [1.54, 1.807) is 18.2 Å². The molecule has 0 unspecified atom stereocenters. The molecule has 0 atom stereocenters. The van der Waals surface area contributed by atoms with Crippen LogP contribution in [-0.2, 0) is 6.54 Å². The van der Waals surface area contributed by atoms with Gasteiger partial charge in [-0.1, -0.05) is 6.92 Å². The number of rotatable bonds is 4. The van der Waals surface area contributed by atoms with Gasteiger partial charge in [0.1, 0.15) is 11.3 Å². The molecule has 0 saturated heterocycles. The highest BCUT2D eigenvalue weighted by Gasteiger charge is 2.11. The normalized spacial score (nSPS) is 11.3. The maximum atomic E-state index is 11.3. The lowest BCUT2D eigenvalue weighted by Crippen LogP contribution is -2.18. The molecule has 4 nitrogen and oxygen atoms in total. The third-order valence-electron chi connectivity index (χ3n) is 2.90. The number of hydrogen-bond acceptors (Lipinski definition) is 4. The lowest BCUT2D eigenvalue weighted by molar-refractivity contribution is 0.320. The molecule has 0 spiro atoms. The van der Waals surface area contributed by atoms with Gasteiger partial charge in [-0.25, -0.2) is 4.79 Å². The predicted molar refractivity (Wildman–Crippen MR) is 70.8 cm³/mol. The number of phenolic OH excluding ortho intramolecular Hbond substituents is 1. The zero-order valence-electron chi connectivity index (χ0n) is 10.6. The molecule has 18 heavy (non-hydrogen) atoms. The minimum absolute atomic E-state index is 0.166. The minimum atomic E-state index is -0.396. The fourth-order valence-corrected chi connectivity index (χ4v) is 2.06. The molecule has 2 rings (SSSR count). The maximum absolute atomic E-state index is 11.3. The first kappa shape index (κ1) is 12.6. The number of hydrogen-bond donors (Lipinski definition) is 1. The largest absolute Gasteiger partial charge is 0.507 e. The lowest BCUT2D eigenvalue weighted by Gasteiger charge is -2.17. The Kier molecular flexibility index (Phi) is 3.67. The molecule has 1 heterocycles. The highest BCUT2D eigenvalue weighted by atomic mass is 16.4. The van der Waals surface area contributed by atoms with Crippen molar-refractivity contribution >= 4 is 11.0 Å². The highest BCUT2D eigenvalue weighted by Crippen LogP contribution is 2.27. The Morgan fingerprint density at radius 3 is 2.72 bits per heavy atom. The van der Waals surface area contributed by atoms with E-state index in [1.807, 2.05) is 7.05 Å². The van der Waals surface area contributed by atoms with E-state index in [0.29, 0.717) is 17.7 Å². The molecule has 0 bridgehead atoms. The van der Waals surface area contributed by atoms with Crippen LogP contribution < -0.4 is 5.63 Å². The first-order valence-electron chi connectivity index (χ1n) is 6.05. The van der Waals surface area contributed by atoms with Crippen molar-refractivity contribution in [3.8, 4) is 5.75 Å². The average Bonchev–Trinajstić information content (AvgIpc) is 2.33. The topological polar surface area (TPSA) is 53.7 Å². The van der Waals surface area contributed by atoms with Crippen molar-refractivity contribution in [2.45, 2.75) is 19.9 Å². The second kappa shape index (κ2) is 5.23. The van der Waals surface area contributed by atoms with Gasteiger partial charge in [-0.2, -0.15) is 0 Å². The molecule has 0 radical (unpaired) electrons. The molecular formula is C14H17NO3. The minimum Gasteiger partial charge on any atom is -0.507 e. The summed E-state index contributed by atoms with van der Waals surface area (Å²) in [6, 6.07) is 6.48. The summed E-state index contributed by atoms with van der Waals surface area (Å²) in [6.07, 6.45) is 1.03. The Labute approximate surface area is 105 Å². The summed E-state index contributed by atoms with van der Waals surface area (Å²) in [7, 11) is 1.98. The van der Waals surface area contributed by atoms with Crippen LogP contribution in [0, 0.1) is 0 Å². The van der Waals surface area contributed by atoms with Gasteiger partial charge < -0.3 is 14.4 Å². The number of aromatic hydroxyl groups is 1. The van der Waals surface area contributed by atoms with Crippen molar-refractivity contribution in [3.05, 3.63) is 40.2 Å². The fourth-order valence-electron chi connectivity index (χ4n) is 2.06. The van der Waals surface area contributed by atoms with Crippen LogP contribution in [0.1, 0.15) is 18.9 Å². The molecule has 4 heteroatoms. The van der Waals surface area contributed by atoms with Crippen LogP contribution >= 0.6 is 0 Å². The fraction of sp³-hybridized carbons (Fsp3) is 0.357. The monoisotopic (exact) mass is 247 g/mol. The van der Waals surface area contributed by atoms with Crippen LogP contribution in [0.25, 0.3) is 11.0 Å². The maximum Gasteiger partial charge on any atom is 0.336 e. The third kappa shape index (κ3) is 2.54. The van der Waals surface area contributed by atoms with Gasteiger partial charge in [0.05, 0.1) is 5.56 Å². The Balaban J connectivity index is 2.50. The van der Waals surface area contributed by atoms with E-state index < -0.39 is 5.63 Å². The second-order valence-corrected chi connectivity index (χ2v) is 4.47. The van der Waals surface area contributed by atoms with Gasteiger partial charge in [-0.15, -0.1) is 0 Å². The van der Waals surface area contributed by atoms with Gasteiger partial charge in [-0.3, -0.25) is 0 Å². The number of fused-ring (bicyclic) bond motifs is 1. The zero-order chi connectivity index (χ0) is 13.1. The SMILES string of the molecule is CCCN(C)Cc1c(O)ccc2ccc(=O)oc12. The summed E-state index contributed by atoms with van der Waals surface area (Å²) in [6.45, 7) is 3.58. The van der Waals surface area contributed by atoms with E-state index in [2.05, 4.69) is 11.8 Å². The van der Waals surface area contributed by atoms with Gasteiger partial charge >= 0.3 is 5.63 Å². The van der Waals surface area contributed by atoms with E-state index in [9.17, 15) is 9.90 Å². The number of phenols is 1. The van der Waals surface area contributed by atoms with Crippen LogP contribution in [0.15, 0.2) is 33.5 Å². The Morgan fingerprint density at radius 2 is 2.00 bits per heavy atom. The van der Waals surface area contributed by atoms with Crippen molar-refractivity contribution < 1.29 is 9.52 Å². The van der Waals surface area contributed by atoms with E-state index in [1.165, 1.54) is 6.07 Å². The van der Waals surface area contributed by atoms with E-state index in [0.717, 1.165) is 18.4 Å². The summed E-state index contributed by atoms with van der Waals surface area (Å²) in [4.78, 5) is 13.4. The molecule has 0 saturated carbocycles. The van der Waals surface area contributed by atoms with Crippen molar-refractivity contribution in [2.75, 3.05) is 13.6 Å². The molecule has 0 fully saturated rings. The van der Waals surface area contributed by atoms with Crippen LogP contribution in [0.3, 0.4) is 0 Å². The average molecular weight is 247 g/mol. The van der Waals surface area contributed by atoms with Crippen molar-refractivity contribution in [1.82, 2.24) is 4.90 Å². The summed E-state index contributed by atoms with van der Waals surface area (Å²) in [5.41, 5.74) is 0.749. The zero-order valence-corrected chi connectivity index (χ0v) is 10.6. The molecule has 1 aromatic heterocycles. The molecule has 0 amide bonds. The van der Waals surface area contributed by atoms with Crippen LogP contribution in [0.4, 0.5) is 0 Å². The smallest absolute Gasteiger partial charge is 0.336 e. The van der Waals surface area contributed by atoms with E-state index in [-0.39, 0.29) is 5.75 Å². The predicted octanol–water partition coefficient (Wildman–Crippen LogP) is 2.34. The van der Waals surface area contributed by atoms with Gasteiger partial charge in [0.25, 0.3) is 0 Å². The molecule has 0 aliphatic carbocycles. The van der Waals surface area contributed by atoms with Gasteiger partial charge in [0.2, 0.25) is 0 Å². The molecular weight excluding hydrogens is 230 g/mol. The standard InChI is InChI=1S/C14H17NO3/c1-3-8-15(2)9-11-12(16)6-4-10-5-7-13(17)18-14(10)11/h4-7,16H,3,8-9H2,1-2H3. The molecule has 1 aromatic carbocycles. The number of nitrogens with zero attached hydrogens (tertiary/aromatic N) is 1.